The fraction of sp³-hybridized carbons (Fsp3) is 0.583. The summed E-state index contributed by atoms with van der Waals surface area (Å²) in [4.78, 5) is 13.0. The molecule has 0 amide bonds. The van der Waals surface area contributed by atoms with E-state index in [0.717, 1.165) is 12.3 Å². The third-order valence-corrected chi connectivity index (χ3v) is 3.61. The quantitative estimate of drug-likeness (QED) is 0.923. The summed E-state index contributed by atoms with van der Waals surface area (Å²) in [5.74, 6) is 0.0301. The van der Waals surface area contributed by atoms with Gasteiger partial charge in [-0.2, -0.15) is 0 Å². The molecule has 1 aliphatic heterocycles. The largest absolute Gasteiger partial charge is 0.481 e. The zero-order valence-corrected chi connectivity index (χ0v) is 11.7. The van der Waals surface area contributed by atoms with E-state index in [9.17, 15) is 4.79 Å². The van der Waals surface area contributed by atoms with Gasteiger partial charge in [-0.1, -0.05) is 0 Å². The molecule has 1 aliphatic rings. The summed E-state index contributed by atoms with van der Waals surface area (Å²) in [5, 5.41) is 8.93. The smallest absolute Gasteiger partial charge is 0.305 e. The van der Waals surface area contributed by atoms with Crippen LogP contribution in [0.3, 0.4) is 0 Å². The predicted molar refractivity (Wildman–Crippen MR) is 68.4 cm³/mol. The Morgan fingerprint density at radius 3 is 3.06 bits per heavy atom. The van der Waals surface area contributed by atoms with Crippen LogP contribution in [0.15, 0.2) is 21.2 Å². The molecule has 18 heavy (non-hydrogen) atoms. The number of furan rings is 1. The van der Waals surface area contributed by atoms with Gasteiger partial charge in [-0.3, -0.25) is 9.69 Å². The molecule has 1 fully saturated rings. The molecule has 0 radical (unpaired) electrons. The Balaban J connectivity index is 2.10. The van der Waals surface area contributed by atoms with Gasteiger partial charge in [0.2, 0.25) is 0 Å². The van der Waals surface area contributed by atoms with Gasteiger partial charge < -0.3 is 14.3 Å². The zero-order chi connectivity index (χ0) is 13.1. The Labute approximate surface area is 114 Å². The molecule has 100 valence electrons. The second kappa shape index (κ2) is 5.86. The van der Waals surface area contributed by atoms with E-state index in [0.29, 0.717) is 17.9 Å². The number of carboxylic acid groups (broad SMARTS) is 1. The molecule has 2 unspecified atom stereocenters. The molecule has 1 saturated heterocycles. The average Bonchev–Trinajstić information content (AvgIpc) is 2.75. The first-order valence-electron chi connectivity index (χ1n) is 5.88. The van der Waals surface area contributed by atoms with E-state index in [1.807, 2.05) is 19.1 Å². The summed E-state index contributed by atoms with van der Waals surface area (Å²) in [6.07, 6.45) is 0.0895. The lowest BCUT2D eigenvalue weighted by atomic mass is 10.1. The number of halogens is 1. The zero-order valence-electron chi connectivity index (χ0n) is 10.1. The first-order chi connectivity index (χ1) is 8.58. The van der Waals surface area contributed by atoms with Crippen molar-refractivity contribution >= 4 is 21.9 Å². The maximum atomic E-state index is 10.9. The molecule has 5 nitrogen and oxygen atoms in total. The highest BCUT2D eigenvalue weighted by Gasteiger charge is 2.30. The number of carboxylic acids is 1. The van der Waals surface area contributed by atoms with Crippen molar-refractivity contribution in [2.75, 3.05) is 19.8 Å². The number of ether oxygens (including phenoxy) is 1. The van der Waals surface area contributed by atoms with Gasteiger partial charge >= 0.3 is 5.97 Å². The maximum absolute atomic E-state index is 10.9. The molecule has 2 atom stereocenters. The average molecular weight is 318 g/mol. The number of hydrogen-bond donors (Lipinski definition) is 1. The molecule has 0 aromatic carbocycles. The van der Waals surface area contributed by atoms with Crippen LogP contribution >= 0.6 is 15.9 Å². The Kier molecular flexibility index (Phi) is 4.42. The Morgan fingerprint density at radius 2 is 2.44 bits per heavy atom. The van der Waals surface area contributed by atoms with Crippen LogP contribution in [0.2, 0.25) is 0 Å². The molecule has 0 aliphatic carbocycles. The van der Waals surface area contributed by atoms with E-state index >= 15 is 0 Å². The van der Waals surface area contributed by atoms with Gasteiger partial charge in [0.25, 0.3) is 0 Å². The van der Waals surface area contributed by atoms with E-state index in [1.54, 1.807) is 0 Å². The van der Waals surface area contributed by atoms with Crippen molar-refractivity contribution in [3.8, 4) is 0 Å². The van der Waals surface area contributed by atoms with Crippen LogP contribution < -0.4 is 0 Å². The first kappa shape index (κ1) is 13.6. The van der Waals surface area contributed by atoms with Crippen molar-refractivity contribution in [1.29, 1.82) is 0 Å². The van der Waals surface area contributed by atoms with Crippen molar-refractivity contribution in [2.45, 2.75) is 25.4 Å². The maximum Gasteiger partial charge on any atom is 0.305 e. The van der Waals surface area contributed by atoms with Gasteiger partial charge in [0, 0.05) is 12.6 Å². The molecule has 0 spiro atoms. The van der Waals surface area contributed by atoms with Crippen molar-refractivity contribution < 1.29 is 19.1 Å². The van der Waals surface area contributed by atoms with Gasteiger partial charge in [0.15, 0.2) is 4.67 Å². The highest BCUT2D eigenvalue weighted by Crippen LogP contribution is 2.28. The van der Waals surface area contributed by atoms with Crippen LogP contribution in [-0.2, 0) is 9.53 Å². The lowest BCUT2D eigenvalue weighted by molar-refractivity contribution is -0.141. The van der Waals surface area contributed by atoms with E-state index in [2.05, 4.69) is 20.8 Å². The number of carbonyl (C=O) groups is 1. The summed E-state index contributed by atoms with van der Waals surface area (Å²) in [5.41, 5.74) is 0. The molecular weight excluding hydrogens is 302 g/mol. The molecule has 0 saturated carbocycles. The third kappa shape index (κ3) is 3.13. The number of nitrogens with zero attached hydrogens (tertiary/aromatic N) is 1. The fourth-order valence-corrected chi connectivity index (χ4v) is 2.59. The second-order valence-electron chi connectivity index (χ2n) is 4.38. The van der Waals surface area contributed by atoms with Crippen LogP contribution in [0.5, 0.6) is 0 Å². The molecule has 1 aromatic heterocycles. The van der Waals surface area contributed by atoms with Crippen molar-refractivity contribution in [1.82, 2.24) is 4.90 Å². The van der Waals surface area contributed by atoms with E-state index in [1.165, 1.54) is 0 Å². The summed E-state index contributed by atoms with van der Waals surface area (Å²) in [6, 6.07) is 3.69. The molecule has 2 heterocycles. The second-order valence-corrected chi connectivity index (χ2v) is 5.16. The van der Waals surface area contributed by atoms with Crippen LogP contribution in [-0.4, -0.2) is 41.8 Å². The fourth-order valence-electron chi connectivity index (χ4n) is 2.27. The minimum Gasteiger partial charge on any atom is -0.481 e. The number of rotatable bonds is 4. The normalized spacial score (nSPS) is 22.9. The molecule has 6 heteroatoms. The van der Waals surface area contributed by atoms with Crippen LogP contribution in [0, 0.1) is 0 Å². The highest BCUT2D eigenvalue weighted by atomic mass is 79.9. The number of morpholine rings is 1. The van der Waals surface area contributed by atoms with Crippen molar-refractivity contribution in [3.63, 3.8) is 0 Å². The number of hydrogen-bond acceptors (Lipinski definition) is 4. The molecule has 2 rings (SSSR count). The Bertz CT molecular complexity index is 420. The van der Waals surface area contributed by atoms with Gasteiger partial charge in [0.05, 0.1) is 25.7 Å². The van der Waals surface area contributed by atoms with E-state index < -0.39 is 5.97 Å². The standard InChI is InChI=1S/C12H16BrNO4/c1-8(10-2-3-11(13)18-10)14-4-5-17-7-9(14)6-12(15)16/h2-3,8-9H,4-7H2,1H3,(H,15,16). The van der Waals surface area contributed by atoms with Crippen molar-refractivity contribution in [2.24, 2.45) is 0 Å². The van der Waals surface area contributed by atoms with Crippen LogP contribution in [0.1, 0.15) is 25.1 Å². The monoisotopic (exact) mass is 317 g/mol. The Hall–Kier alpha value is -0.850. The lowest BCUT2D eigenvalue weighted by Gasteiger charge is -2.38. The number of aliphatic carboxylic acids is 1. The van der Waals surface area contributed by atoms with Gasteiger partial charge in [-0.25, -0.2) is 0 Å². The first-order valence-corrected chi connectivity index (χ1v) is 6.67. The predicted octanol–water partition coefficient (Wildman–Crippen LogP) is 2.28. The van der Waals surface area contributed by atoms with Crippen LogP contribution in [0.4, 0.5) is 0 Å². The molecule has 1 N–H and O–H groups in total. The van der Waals surface area contributed by atoms with Gasteiger partial charge in [-0.15, -0.1) is 0 Å². The summed E-state index contributed by atoms with van der Waals surface area (Å²) in [7, 11) is 0. The lowest BCUT2D eigenvalue weighted by Crippen LogP contribution is -2.47. The molecule has 0 bridgehead atoms. The molecule has 1 aromatic rings. The van der Waals surface area contributed by atoms with Gasteiger partial charge in [-0.05, 0) is 35.0 Å². The third-order valence-electron chi connectivity index (χ3n) is 3.19. The van der Waals surface area contributed by atoms with E-state index in [4.69, 9.17) is 14.3 Å². The van der Waals surface area contributed by atoms with Crippen LogP contribution in [0.25, 0.3) is 0 Å². The minimum atomic E-state index is -0.802. The SMILES string of the molecule is CC(c1ccc(Br)o1)N1CCOCC1CC(=O)O. The highest BCUT2D eigenvalue weighted by molar-refractivity contribution is 9.10. The summed E-state index contributed by atoms with van der Waals surface area (Å²) < 4.78 is 11.6. The summed E-state index contributed by atoms with van der Waals surface area (Å²) >= 11 is 3.28. The molecular formula is C12H16BrNO4. The Morgan fingerprint density at radius 1 is 1.67 bits per heavy atom. The van der Waals surface area contributed by atoms with Crippen molar-refractivity contribution in [3.05, 3.63) is 22.6 Å². The summed E-state index contributed by atoms with van der Waals surface area (Å²) in [6.45, 7) is 3.82. The van der Waals surface area contributed by atoms with Gasteiger partial charge in [0.1, 0.15) is 5.76 Å². The van der Waals surface area contributed by atoms with E-state index in [-0.39, 0.29) is 18.5 Å². The topological polar surface area (TPSA) is 62.9 Å². The minimum absolute atomic E-state index is 0.0459.